The van der Waals surface area contributed by atoms with Gasteiger partial charge in [0.1, 0.15) is 0 Å². The van der Waals surface area contributed by atoms with E-state index in [1.54, 1.807) is 25.1 Å². The van der Waals surface area contributed by atoms with Crippen LogP contribution in [0.4, 0.5) is 0 Å². The van der Waals surface area contributed by atoms with Gasteiger partial charge in [-0.25, -0.2) is 4.18 Å². The molecule has 0 amide bonds. The van der Waals surface area contributed by atoms with Crippen molar-refractivity contribution in [3.8, 4) is 0 Å². The molecule has 0 aromatic heterocycles. The summed E-state index contributed by atoms with van der Waals surface area (Å²) in [5, 5.41) is 0. The first-order valence-electron chi connectivity index (χ1n) is 4.17. The van der Waals surface area contributed by atoms with E-state index in [1.807, 2.05) is 0 Å². The van der Waals surface area contributed by atoms with Crippen LogP contribution in [0.25, 0.3) is 0 Å². The first kappa shape index (κ1) is 13.2. The molecule has 1 aromatic rings. The standard InChI is InChI=1S/C8H9O6PS/c1-7-4-2-3-5-8(7)16(11,12)14-6-13-15(9)10/h2-5H,6H2,1H3/p+1. The Hall–Kier alpha value is -0.850. The number of hydrogen-bond acceptors (Lipinski definition) is 5. The molecule has 16 heavy (non-hydrogen) atoms. The summed E-state index contributed by atoms with van der Waals surface area (Å²) >= 11 is 0. The van der Waals surface area contributed by atoms with E-state index in [0.717, 1.165) is 0 Å². The SMILES string of the molecule is Cc1ccccc1S(=O)(=O)OCO[P+](=O)O. The zero-order valence-electron chi connectivity index (χ0n) is 8.36. The van der Waals surface area contributed by atoms with Crippen molar-refractivity contribution in [2.24, 2.45) is 0 Å². The minimum absolute atomic E-state index is 0.00627. The lowest BCUT2D eigenvalue weighted by Crippen LogP contribution is -2.09. The topological polar surface area (TPSA) is 89.9 Å². The Bertz CT molecular complexity index is 483. The van der Waals surface area contributed by atoms with Gasteiger partial charge in [0.25, 0.3) is 10.1 Å². The van der Waals surface area contributed by atoms with Crippen LogP contribution in [-0.4, -0.2) is 20.1 Å². The van der Waals surface area contributed by atoms with Gasteiger partial charge in [0, 0.05) is 4.57 Å². The van der Waals surface area contributed by atoms with E-state index in [9.17, 15) is 13.0 Å². The highest BCUT2D eigenvalue weighted by molar-refractivity contribution is 7.86. The molecule has 0 radical (unpaired) electrons. The Labute approximate surface area is 93.9 Å². The second kappa shape index (κ2) is 5.47. The zero-order valence-corrected chi connectivity index (χ0v) is 10.1. The van der Waals surface area contributed by atoms with E-state index in [1.165, 1.54) is 6.07 Å². The fourth-order valence-electron chi connectivity index (χ4n) is 1.03. The molecule has 1 N–H and O–H groups in total. The van der Waals surface area contributed by atoms with Crippen molar-refractivity contribution in [1.29, 1.82) is 0 Å². The van der Waals surface area contributed by atoms with E-state index in [2.05, 4.69) is 8.71 Å². The second-order valence-electron chi connectivity index (χ2n) is 2.82. The van der Waals surface area contributed by atoms with Crippen molar-refractivity contribution >= 4 is 18.4 Å². The molecule has 0 fully saturated rings. The Balaban J connectivity index is 2.79. The molecule has 0 heterocycles. The van der Waals surface area contributed by atoms with Gasteiger partial charge in [0.15, 0.2) is 0 Å². The van der Waals surface area contributed by atoms with E-state index in [4.69, 9.17) is 4.89 Å². The van der Waals surface area contributed by atoms with Crippen LogP contribution in [0.5, 0.6) is 0 Å². The predicted octanol–water partition coefficient (Wildman–Crippen LogP) is 1.32. The summed E-state index contributed by atoms with van der Waals surface area (Å²) in [4.78, 5) is 8.29. The summed E-state index contributed by atoms with van der Waals surface area (Å²) in [5.41, 5.74) is 0.524. The maximum absolute atomic E-state index is 11.6. The van der Waals surface area contributed by atoms with E-state index < -0.39 is 25.2 Å². The van der Waals surface area contributed by atoms with Crippen LogP contribution >= 0.6 is 8.25 Å². The predicted molar refractivity (Wildman–Crippen MR) is 55.2 cm³/mol. The van der Waals surface area contributed by atoms with Crippen molar-refractivity contribution in [3.05, 3.63) is 29.8 Å². The molecular weight excluding hydrogens is 255 g/mol. The van der Waals surface area contributed by atoms with E-state index in [-0.39, 0.29) is 4.90 Å². The van der Waals surface area contributed by atoms with Crippen LogP contribution in [-0.2, 0) is 23.4 Å². The lowest BCUT2D eigenvalue weighted by molar-refractivity contribution is 0.121. The van der Waals surface area contributed by atoms with Gasteiger partial charge >= 0.3 is 8.25 Å². The Morgan fingerprint density at radius 2 is 2.00 bits per heavy atom. The maximum Gasteiger partial charge on any atom is 0.697 e. The third-order valence-electron chi connectivity index (χ3n) is 1.73. The minimum atomic E-state index is -3.95. The fraction of sp³-hybridized carbons (Fsp3) is 0.250. The highest BCUT2D eigenvalue weighted by Crippen LogP contribution is 2.19. The Morgan fingerprint density at radius 1 is 1.38 bits per heavy atom. The molecule has 0 bridgehead atoms. The molecule has 1 atom stereocenters. The van der Waals surface area contributed by atoms with Crippen molar-refractivity contribution in [1.82, 2.24) is 0 Å². The summed E-state index contributed by atoms with van der Waals surface area (Å²) in [5.74, 6) is 0. The minimum Gasteiger partial charge on any atom is -0.232 e. The number of rotatable bonds is 5. The lowest BCUT2D eigenvalue weighted by atomic mass is 10.2. The highest BCUT2D eigenvalue weighted by Gasteiger charge is 2.20. The first-order chi connectivity index (χ1) is 7.43. The average molecular weight is 265 g/mol. The average Bonchev–Trinajstić information content (AvgIpc) is 2.17. The highest BCUT2D eigenvalue weighted by atomic mass is 32.2. The molecule has 0 saturated heterocycles. The molecule has 0 saturated carbocycles. The zero-order chi connectivity index (χ0) is 12.2. The molecule has 6 nitrogen and oxygen atoms in total. The molecular formula is C8H10O6PS+. The van der Waals surface area contributed by atoms with Crippen LogP contribution in [0.15, 0.2) is 29.2 Å². The van der Waals surface area contributed by atoms with Gasteiger partial charge in [-0.05, 0) is 18.6 Å². The van der Waals surface area contributed by atoms with Gasteiger partial charge in [0.2, 0.25) is 6.79 Å². The number of aryl methyl sites for hydroxylation is 1. The van der Waals surface area contributed by atoms with Crippen LogP contribution in [0, 0.1) is 6.92 Å². The fourth-order valence-corrected chi connectivity index (χ4v) is 2.25. The summed E-state index contributed by atoms with van der Waals surface area (Å²) < 4.78 is 41.8. The summed E-state index contributed by atoms with van der Waals surface area (Å²) in [6, 6.07) is 6.24. The normalized spacial score (nSPS) is 12.5. The van der Waals surface area contributed by atoms with Crippen molar-refractivity contribution in [3.63, 3.8) is 0 Å². The molecule has 0 aliphatic heterocycles. The molecule has 0 aliphatic rings. The Kier molecular flexibility index (Phi) is 4.52. The summed E-state index contributed by atoms with van der Waals surface area (Å²) in [6.45, 7) is 0.825. The smallest absolute Gasteiger partial charge is 0.232 e. The molecule has 1 aromatic carbocycles. The third-order valence-corrected chi connectivity index (χ3v) is 3.46. The van der Waals surface area contributed by atoms with Gasteiger partial charge in [-0.1, -0.05) is 22.7 Å². The lowest BCUT2D eigenvalue weighted by Gasteiger charge is -2.04. The van der Waals surface area contributed by atoms with Gasteiger partial charge in [0.05, 0.1) is 4.90 Å². The molecule has 1 rings (SSSR count). The quantitative estimate of drug-likeness (QED) is 0.490. The molecule has 88 valence electrons. The van der Waals surface area contributed by atoms with Gasteiger partial charge in [-0.2, -0.15) is 8.42 Å². The summed E-state index contributed by atoms with van der Waals surface area (Å²) in [6.07, 6.45) is 0. The van der Waals surface area contributed by atoms with Gasteiger partial charge in [-0.3, -0.25) is 0 Å². The largest absolute Gasteiger partial charge is 0.697 e. The third kappa shape index (κ3) is 3.62. The van der Waals surface area contributed by atoms with Crippen LogP contribution < -0.4 is 0 Å². The maximum atomic E-state index is 11.6. The van der Waals surface area contributed by atoms with Crippen molar-refractivity contribution in [2.75, 3.05) is 6.79 Å². The molecule has 0 spiro atoms. The Morgan fingerprint density at radius 3 is 2.56 bits per heavy atom. The van der Waals surface area contributed by atoms with Crippen LogP contribution in [0.3, 0.4) is 0 Å². The first-order valence-corrected chi connectivity index (χ1v) is 6.71. The van der Waals surface area contributed by atoms with Gasteiger partial charge in [-0.15, -0.1) is 4.89 Å². The molecule has 1 unspecified atom stereocenters. The number of hydrogen-bond donors (Lipinski definition) is 1. The van der Waals surface area contributed by atoms with Crippen LogP contribution in [0.2, 0.25) is 0 Å². The van der Waals surface area contributed by atoms with Crippen LogP contribution in [0.1, 0.15) is 5.56 Å². The second-order valence-corrected chi connectivity index (χ2v) is 5.14. The van der Waals surface area contributed by atoms with E-state index >= 15 is 0 Å². The number of benzene rings is 1. The summed E-state index contributed by atoms with van der Waals surface area (Å²) in [7, 11) is -6.82. The molecule has 8 heteroatoms. The van der Waals surface area contributed by atoms with E-state index in [0.29, 0.717) is 5.56 Å². The van der Waals surface area contributed by atoms with Crippen molar-refractivity contribution < 1.29 is 26.6 Å². The molecule has 0 aliphatic carbocycles. The monoisotopic (exact) mass is 265 g/mol. The van der Waals surface area contributed by atoms with Gasteiger partial charge < -0.3 is 0 Å². The van der Waals surface area contributed by atoms with Crippen molar-refractivity contribution in [2.45, 2.75) is 11.8 Å².